The van der Waals surface area contributed by atoms with Crippen molar-refractivity contribution in [2.45, 2.75) is 52.2 Å². The fraction of sp³-hybridized carbons (Fsp3) is 0.769. The Kier molecular flexibility index (Phi) is 2.30. The summed E-state index contributed by atoms with van der Waals surface area (Å²) in [5, 5.41) is 0. The lowest BCUT2D eigenvalue weighted by Crippen LogP contribution is -2.39. The highest BCUT2D eigenvalue weighted by molar-refractivity contribution is 5.87. The van der Waals surface area contributed by atoms with Crippen LogP contribution in [0.4, 0.5) is 0 Å². The van der Waals surface area contributed by atoms with E-state index in [4.69, 9.17) is 4.74 Å². The zero-order valence-corrected chi connectivity index (χ0v) is 10.0. The van der Waals surface area contributed by atoms with Crippen LogP contribution < -0.4 is 0 Å². The van der Waals surface area contributed by atoms with E-state index in [1.165, 1.54) is 6.42 Å². The van der Waals surface area contributed by atoms with E-state index in [0.717, 1.165) is 6.42 Å². The Labute approximate surface area is 91.7 Å². The molecule has 1 aliphatic heterocycles. The Bertz CT molecular complexity index is 312. The summed E-state index contributed by atoms with van der Waals surface area (Å²) in [5.74, 6) is 0.491. The number of rotatable bonds is 2. The van der Waals surface area contributed by atoms with Crippen molar-refractivity contribution >= 4 is 5.78 Å². The summed E-state index contributed by atoms with van der Waals surface area (Å²) in [6, 6.07) is 0. The smallest absolute Gasteiger partial charge is 0.152 e. The van der Waals surface area contributed by atoms with Gasteiger partial charge in [0.15, 0.2) is 5.78 Å². The number of hydrogen-bond donors (Lipinski definition) is 0. The molecule has 2 nitrogen and oxygen atoms in total. The van der Waals surface area contributed by atoms with Crippen LogP contribution in [-0.4, -0.2) is 17.5 Å². The van der Waals surface area contributed by atoms with Crippen molar-refractivity contribution in [2.75, 3.05) is 0 Å². The van der Waals surface area contributed by atoms with E-state index in [1.807, 2.05) is 0 Å². The second kappa shape index (κ2) is 3.18. The van der Waals surface area contributed by atoms with Crippen molar-refractivity contribution in [3.63, 3.8) is 0 Å². The van der Waals surface area contributed by atoms with Gasteiger partial charge < -0.3 is 4.74 Å². The average Bonchev–Trinajstić information content (AvgIpc) is 2.74. The third-order valence-corrected chi connectivity index (χ3v) is 4.01. The molecule has 0 aromatic heterocycles. The molecule has 2 fully saturated rings. The average molecular weight is 208 g/mol. The predicted octanol–water partition coefficient (Wildman–Crippen LogP) is 2.73. The van der Waals surface area contributed by atoms with E-state index in [0.29, 0.717) is 12.0 Å². The number of fused-ring (bicyclic) bond motifs is 1. The van der Waals surface area contributed by atoms with Gasteiger partial charge in [-0.3, -0.25) is 4.79 Å². The SMILES string of the molecule is CC(=O)/C=C/[C@H]1C(C)(C)CC[C@H]2O[C@]21C. The molecule has 2 heteroatoms. The van der Waals surface area contributed by atoms with E-state index in [-0.39, 0.29) is 16.8 Å². The van der Waals surface area contributed by atoms with Crippen molar-refractivity contribution in [3.8, 4) is 0 Å². The Balaban J connectivity index is 2.21. The number of ether oxygens (including phenoxy) is 1. The quantitative estimate of drug-likeness (QED) is 0.516. The summed E-state index contributed by atoms with van der Waals surface area (Å²) >= 11 is 0. The van der Waals surface area contributed by atoms with Gasteiger partial charge >= 0.3 is 0 Å². The maximum atomic E-state index is 11.0. The van der Waals surface area contributed by atoms with Crippen molar-refractivity contribution in [1.29, 1.82) is 0 Å². The molecule has 0 amide bonds. The molecular weight excluding hydrogens is 188 g/mol. The van der Waals surface area contributed by atoms with Gasteiger partial charge in [0.1, 0.15) is 0 Å². The molecule has 0 radical (unpaired) electrons. The lowest BCUT2D eigenvalue weighted by molar-refractivity contribution is -0.112. The predicted molar refractivity (Wildman–Crippen MR) is 59.6 cm³/mol. The summed E-state index contributed by atoms with van der Waals surface area (Å²) in [6.45, 7) is 8.31. The van der Waals surface area contributed by atoms with Crippen LogP contribution in [0.25, 0.3) is 0 Å². The van der Waals surface area contributed by atoms with Crippen LogP contribution in [0, 0.1) is 11.3 Å². The molecule has 3 atom stereocenters. The highest BCUT2D eigenvalue weighted by Crippen LogP contribution is 2.58. The standard InChI is InChI=1S/C13H20O2/c1-9(14)5-6-10-12(2,3)8-7-11-13(10,4)15-11/h5-6,10-11H,7-8H2,1-4H3/b6-5+/t10-,11+,13-/m0/s1. The highest BCUT2D eigenvalue weighted by Gasteiger charge is 2.63. The minimum Gasteiger partial charge on any atom is -0.366 e. The van der Waals surface area contributed by atoms with Crippen LogP contribution in [-0.2, 0) is 9.53 Å². The lowest BCUT2D eigenvalue weighted by atomic mass is 9.64. The molecule has 2 rings (SSSR count). The number of ketones is 1. The molecule has 15 heavy (non-hydrogen) atoms. The first-order chi connectivity index (χ1) is 6.86. The number of allylic oxidation sites excluding steroid dienone is 1. The molecule has 84 valence electrons. The van der Waals surface area contributed by atoms with Gasteiger partial charge in [-0.05, 0) is 38.2 Å². The van der Waals surface area contributed by atoms with Crippen LogP contribution in [0.2, 0.25) is 0 Å². The zero-order chi connectivity index (χ0) is 11.3. The minimum absolute atomic E-state index is 0.00625. The maximum absolute atomic E-state index is 11.0. The van der Waals surface area contributed by atoms with Crippen LogP contribution in [0.15, 0.2) is 12.2 Å². The van der Waals surface area contributed by atoms with Crippen LogP contribution in [0.5, 0.6) is 0 Å². The molecule has 0 N–H and O–H groups in total. The molecule has 1 saturated heterocycles. The molecule has 1 saturated carbocycles. The number of epoxide rings is 1. The first-order valence-electron chi connectivity index (χ1n) is 5.73. The van der Waals surface area contributed by atoms with Crippen molar-refractivity contribution < 1.29 is 9.53 Å². The Morgan fingerprint density at radius 3 is 2.67 bits per heavy atom. The van der Waals surface area contributed by atoms with E-state index in [1.54, 1.807) is 13.0 Å². The topological polar surface area (TPSA) is 29.6 Å². The van der Waals surface area contributed by atoms with Gasteiger partial charge in [0.05, 0.1) is 11.7 Å². The Hall–Kier alpha value is -0.630. The van der Waals surface area contributed by atoms with Crippen molar-refractivity contribution in [1.82, 2.24) is 0 Å². The molecule has 0 aromatic carbocycles. The van der Waals surface area contributed by atoms with Gasteiger partial charge in [-0.1, -0.05) is 19.9 Å². The van der Waals surface area contributed by atoms with Gasteiger partial charge in [-0.15, -0.1) is 0 Å². The van der Waals surface area contributed by atoms with E-state index in [9.17, 15) is 4.79 Å². The Morgan fingerprint density at radius 1 is 1.40 bits per heavy atom. The zero-order valence-electron chi connectivity index (χ0n) is 10.0. The third kappa shape index (κ3) is 1.76. The minimum atomic E-state index is -0.00625. The molecule has 0 unspecified atom stereocenters. The van der Waals surface area contributed by atoms with Crippen LogP contribution >= 0.6 is 0 Å². The van der Waals surface area contributed by atoms with Crippen molar-refractivity contribution in [2.24, 2.45) is 11.3 Å². The van der Waals surface area contributed by atoms with Crippen LogP contribution in [0.3, 0.4) is 0 Å². The van der Waals surface area contributed by atoms with E-state index < -0.39 is 0 Å². The van der Waals surface area contributed by atoms with Gasteiger partial charge in [0.25, 0.3) is 0 Å². The van der Waals surface area contributed by atoms with Gasteiger partial charge in [-0.2, -0.15) is 0 Å². The number of carbonyl (C=O) groups excluding carboxylic acids is 1. The summed E-state index contributed by atoms with van der Waals surface area (Å²) in [4.78, 5) is 11.0. The Morgan fingerprint density at radius 2 is 2.07 bits per heavy atom. The van der Waals surface area contributed by atoms with E-state index in [2.05, 4.69) is 26.8 Å². The number of carbonyl (C=O) groups is 1. The molecule has 0 bridgehead atoms. The summed E-state index contributed by atoms with van der Waals surface area (Å²) < 4.78 is 5.78. The lowest BCUT2D eigenvalue weighted by Gasteiger charge is -2.38. The maximum Gasteiger partial charge on any atom is 0.152 e. The second-order valence-electron chi connectivity index (χ2n) is 5.77. The monoisotopic (exact) mass is 208 g/mol. The van der Waals surface area contributed by atoms with Gasteiger partial charge in [0, 0.05) is 5.92 Å². The van der Waals surface area contributed by atoms with Gasteiger partial charge in [-0.25, -0.2) is 0 Å². The molecular formula is C13H20O2. The fourth-order valence-electron chi connectivity index (χ4n) is 3.01. The first-order valence-corrected chi connectivity index (χ1v) is 5.73. The number of hydrogen-bond acceptors (Lipinski definition) is 2. The molecule has 1 heterocycles. The molecule has 0 aromatic rings. The summed E-state index contributed by atoms with van der Waals surface area (Å²) in [5.41, 5.74) is 0.237. The molecule has 0 spiro atoms. The largest absolute Gasteiger partial charge is 0.366 e. The van der Waals surface area contributed by atoms with Crippen molar-refractivity contribution in [3.05, 3.63) is 12.2 Å². The fourth-order valence-corrected chi connectivity index (χ4v) is 3.01. The molecule has 2 aliphatic rings. The molecule has 1 aliphatic carbocycles. The van der Waals surface area contributed by atoms with Crippen LogP contribution in [0.1, 0.15) is 40.5 Å². The van der Waals surface area contributed by atoms with E-state index >= 15 is 0 Å². The second-order valence-corrected chi connectivity index (χ2v) is 5.77. The highest BCUT2D eigenvalue weighted by atomic mass is 16.6. The normalized spacial score (nSPS) is 42.7. The first kappa shape index (κ1) is 10.9. The summed E-state index contributed by atoms with van der Waals surface area (Å²) in [7, 11) is 0. The third-order valence-electron chi connectivity index (χ3n) is 4.01. The summed E-state index contributed by atoms with van der Waals surface area (Å²) in [6.07, 6.45) is 6.52. The van der Waals surface area contributed by atoms with Gasteiger partial charge in [0.2, 0.25) is 0 Å².